The molecule has 0 aromatic heterocycles. The number of rotatable bonds is 7. The van der Waals surface area contributed by atoms with Crippen LogP contribution in [0.5, 0.6) is 0 Å². The van der Waals surface area contributed by atoms with Crippen molar-refractivity contribution in [2.75, 3.05) is 17.2 Å². The quantitative estimate of drug-likeness (QED) is 0.563. The average molecular weight is 442 g/mol. The van der Waals surface area contributed by atoms with Gasteiger partial charge in [-0.2, -0.15) is 0 Å². The summed E-state index contributed by atoms with van der Waals surface area (Å²) < 4.78 is 5.21. The lowest BCUT2D eigenvalue weighted by Gasteiger charge is -2.55. The van der Waals surface area contributed by atoms with Crippen LogP contribution in [0.15, 0.2) is 24.3 Å². The van der Waals surface area contributed by atoms with Crippen LogP contribution in [0.1, 0.15) is 52.4 Å². The number of carbonyl (C=O) groups excluding carboxylic acids is 4. The van der Waals surface area contributed by atoms with Crippen molar-refractivity contribution in [1.82, 2.24) is 5.32 Å². The van der Waals surface area contributed by atoms with Gasteiger partial charge in [-0.25, -0.2) is 0 Å². The first-order chi connectivity index (χ1) is 15.2. The highest BCUT2D eigenvalue weighted by molar-refractivity contribution is 5.96. The first-order valence-corrected chi connectivity index (χ1v) is 11.4. The van der Waals surface area contributed by atoms with Gasteiger partial charge in [-0.05, 0) is 87.5 Å². The summed E-state index contributed by atoms with van der Waals surface area (Å²) in [6.07, 6.45) is 5.53. The Balaban J connectivity index is 1.23. The molecule has 1 aromatic carbocycles. The van der Waals surface area contributed by atoms with Gasteiger partial charge in [0.25, 0.3) is 5.91 Å². The van der Waals surface area contributed by atoms with E-state index in [1.807, 2.05) is 0 Å². The lowest BCUT2D eigenvalue weighted by Crippen LogP contribution is -2.54. The largest absolute Gasteiger partial charge is 0.451 e. The molecule has 3 N–H and O–H groups in total. The van der Waals surface area contributed by atoms with Crippen LogP contribution in [0.25, 0.3) is 0 Å². The Bertz CT molecular complexity index is 875. The summed E-state index contributed by atoms with van der Waals surface area (Å²) in [7, 11) is 0. The summed E-state index contributed by atoms with van der Waals surface area (Å²) in [6, 6.07) is 6.61. The summed E-state index contributed by atoms with van der Waals surface area (Å²) in [4.78, 5) is 48.6. The topological polar surface area (TPSA) is 114 Å². The first-order valence-electron chi connectivity index (χ1n) is 11.4. The minimum Gasteiger partial charge on any atom is -0.451 e. The molecule has 32 heavy (non-hydrogen) atoms. The van der Waals surface area contributed by atoms with E-state index in [0.717, 1.165) is 19.3 Å². The van der Waals surface area contributed by atoms with E-state index in [9.17, 15) is 19.2 Å². The normalized spacial score (nSPS) is 28.5. The van der Waals surface area contributed by atoms with Gasteiger partial charge in [0.2, 0.25) is 11.8 Å². The Labute approximate surface area is 187 Å². The van der Waals surface area contributed by atoms with Crippen molar-refractivity contribution in [2.24, 2.45) is 23.2 Å². The lowest BCUT2D eigenvalue weighted by atomic mass is 9.49. The van der Waals surface area contributed by atoms with Crippen molar-refractivity contribution in [1.29, 1.82) is 0 Å². The summed E-state index contributed by atoms with van der Waals surface area (Å²) in [5.74, 6) is 0.618. The summed E-state index contributed by atoms with van der Waals surface area (Å²) in [6.45, 7) is 2.67. The van der Waals surface area contributed by atoms with E-state index in [1.165, 1.54) is 33.1 Å². The second kappa shape index (κ2) is 8.92. The fourth-order valence-electron chi connectivity index (χ4n) is 6.11. The number of nitrogens with one attached hydrogen (secondary N) is 3. The van der Waals surface area contributed by atoms with Gasteiger partial charge in [0.05, 0.1) is 0 Å². The molecule has 1 atom stereocenters. The third kappa shape index (κ3) is 4.95. The maximum Gasteiger partial charge on any atom is 0.326 e. The van der Waals surface area contributed by atoms with Crippen LogP contribution in [0.2, 0.25) is 0 Å². The van der Waals surface area contributed by atoms with Crippen LogP contribution in [0, 0.1) is 23.2 Å². The maximum absolute atomic E-state index is 12.9. The minimum atomic E-state index is -1.01. The Morgan fingerprint density at radius 1 is 0.938 bits per heavy atom. The van der Waals surface area contributed by atoms with E-state index in [4.69, 9.17) is 4.74 Å². The average Bonchev–Trinajstić information content (AvgIpc) is 2.72. The predicted molar refractivity (Wildman–Crippen MR) is 119 cm³/mol. The molecule has 0 unspecified atom stereocenters. The van der Waals surface area contributed by atoms with Gasteiger partial charge in [-0.3, -0.25) is 19.2 Å². The number of carbonyl (C=O) groups is 4. The van der Waals surface area contributed by atoms with Crippen LogP contribution < -0.4 is 16.0 Å². The molecule has 8 nitrogen and oxygen atoms in total. The van der Waals surface area contributed by atoms with Crippen molar-refractivity contribution < 1.29 is 23.9 Å². The van der Waals surface area contributed by atoms with Crippen molar-refractivity contribution in [3.63, 3.8) is 0 Å². The molecule has 5 rings (SSSR count). The van der Waals surface area contributed by atoms with Gasteiger partial charge in [0.1, 0.15) is 6.54 Å². The molecule has 0 radical (unpaired) electrons. The third-order valence-electron chi connectivity index (χ3n) is 7.06. The van der Waals surface area contributed by atoms with Crippen LogP contribution in [-0.4, -0.2) is 36.3 Å². The van der Waals surface area contributed by atoms with Gasteiger partial charge >= 0.3 is 5.97 Å². The van der Waals surface area contributed by atoms with Gasteiger partial charge < -0.3 is 20.7 Å². The number of anilines is 2. The highest BCUT2D eigenvalue weighted by atomic mass is 16.5. The standard InChI is InChI=1S/C24H31N3O5/c1-14(22(30)27-20-5-3-19(4-6-20)26-15(2)28)32-21(29)13-25-23(31)24-10-16-7-17(11-24)9-18(8-16)12-24/h3-6,14,16-18H,7-13H2,1-2H3,(H,25,31)(H,26,28)(H,27,30)/t14-,16?,17?,18?,24?/m1/s1. The SMILES string of the molecule is CC(=O)Nc1ccc(NC(=O)[C@@H](C)OC(=O)CNC(=O)C23CC4CC(CC(C4)C2)C3)cc1. The number of hydrogen-bond donors (Lipinski definition) is 3. The molecule has 4 fully saturated rings. The number of hydrogen-bond acceptors (Lipinski definition) is 5. The van der Waals surface area contributed by atoms with E-state index >= 15 is 0 Å². The molecule has 172 valence electrons. The van der Waals surface area contributed by atoms with E-state index in [1.54, 1.807) is 24.3 Å². The molecule has 0 saturated heterocycles. The second-order valence-electron chi connectivity index (χ2n) is 9.76. The van der Waals surface area contributed by atoms with Gasteiger partial charge in [-0.1, -0.05) is 0 Å². The Kier molecular flexibility index (Phi) is 6.22. The van der Waals surface area contributed by atoms with Crippen LogP contribution >= 0.6 is 0 Å². The number of benzene rings is 1. The Morgan fingerprint density at radius 2 is 1.44 bits per heavy atom. The van der Waals surface area contributed by atoms with Gasteiger partial charge in [0.15, 0.2) is 6.10 Å². The summed E-state index contributed by atoms with van der Waals surface area (Å²) in [5, 5.41) is 8.08. The Hall–Kier alpha value is -2.90. The molecule has 4 saturated carbocycles. The van der Waals surface area contributed by atoms with Crippen molar-refractivity contribution in [3.8, 4) is 0 Å². The highest BCUT2D eigenvalue weighted by Gasteiger charge is 2.54. The van der Waals surface area contributed by atoms with E-state index in [2.05, 4.69) is 16.0 Å². The van der Waals surface area contributed by atoms with Crippen molar-refractivity contribution >= 4 is 35.1 Å². The van der Waals surface area contributed by atoms with Gasteiger partial charge in [-0.15, -0.1) is 0 Å². The zero-order chi connectivity index (χ0) is 22.9. The Morgan fingerprint density at radius 3 is 1.94 bits per heavy atom. The molecular weight excluding hydrogens is 410 g/mol. The molecule has 1 aromatic rings. The molecule has 0 aliphatic heterocycles. The zero-order valence-corrected chi connectivity index (χ0v) is 18.6. The highest BCUT2D eigenvalue weighted by Crippen LogP contribution is 2.60. The van der Waals surface area contributed by atoms with Crippen LogP contribution in [0.4, 0.5) is 11.4 Å². The fraction of sp³-hybridized carbons (Fsp3) is 0.583. The molecule has 8 heteroatoms. The maximum atomic E-state index is 12.9. The zero-order valence-electron chi connectivity index (χ0n) is 18.6. The van der Waals surface area contributed by atoms with Crippen molar-refractivity contribution in [3.05, 3.63) is 24.3 Å². The fourth-order valence-corrected chi connectivity index (χ4v) is 6.11. The summed E-state index contributed by atoms with van der Waals surface area (Å²) >= 11 is 0. The van der Waals surface area contributed by atoms with Gasteiger partial charge in [0, 0.05) is 23.7 Å². The molecule has 0 heterocycles. The second-order valence-corrected chi connectivity index (χ2v) is 9.76. The first kappa shape index (κ1) is 22.3. The minimum absolute atomic E-state index is 0.0371. The van der Waals surface area contributed by atoms with E-state index in [-0.39, 0.29) is 23.8 Å². The van der Waals surface area contributed by atoms with Crippen LogP contribution in [-0.2, 0) is 23.9 Å². The van der Waals surface area contributed by atoms with Crippen molar-refractivity contribution in [2.45, 2.75) is 58.5 Å². The molecule has 4 aliphatic rings. The monoisotopic (exact) mass is 441 g/mol. The molecule has 0 spiro atoms. The molecular formula is C24H31N3O5. The summed E-state index contributed by atoms with van der Waals surface area (Å²) in [5.41, 5.74) is 0.813. The third-order valence-corrected chi connectivity index (χ3v) is 7.06. The molecule has 4 bridgehead atoms. The molecule has 3 amide bonds. The number of ether oxygens (including phenoxy) is 1. The number of amides is 3. The lowest BCUT2D eigenvalue weighted by molar-refractivity contribution is -0.155. The molecule has 4 aliphatic carbocycles. The number of esters is 1. The smallest absolute Gasteiger partial charge is 0.326 e. The predicted octanol–water partition coefficient (Wildman–Crippen LogP) is 2.85. The van der Waals surface area contributed by atoms with E-state index < -0.39 is 18.0 Å². The van der Waals surface area contributed by atoms with Crippen LogP contribution in [0.3, 0.4) is 0 Å². The van der Waals surface area contributed by atoms with E-state index in [0.29, 0.717) is 29.1 Å².